The van der Waals surface area contributed by atoms with Crippen molar-refractivity contribution in [2.75, 3.05) is 13.2 Å². The number of nitrogens with one attached hydrogen (secondary N) is 1. The first-order valence-electron chi connectivity index (χ1n) is 10.3. The van der Waals surface area contributed by atoms with Gasteiger partial charge in [-0.15, -0.1) is 0 Å². The molecule has 7 nitrogen and oxygen atoms in total. The molecule has 1 aliphatic heterocycles. The predicted molar refractivity (Wildman–Crippen MR) is 106 cm³/mol. The number of nitrogens with zero attached hydrogens (tertiary/aromatic N) is 1. The second-order valence-electron chi connectivity index (χ2n) is 7.81. The fraction of sp³-hybridized carbons (Fsp3) is 0.500. The Morgan fingerprint density at radius 1 is 1.24 bits per heavy atom. The molecule has 3 unspecified atom stereocenters. The van der Waals surface area contributed by atoms with E-state index in [4.69, 9.17) is 9.15 Å². The van der Waals surface area contributed by atoms with Gasteiger partial charge in [0.05, 0.1) is 24.5 Å². The van der Waals surface area contributed by atoms with E-state index in [-0.39, 0.29) is 36.1 Å². The molecule has 0 spiro atoms. The van der Waals surface area contributed by atoms with Gasteiger partial charge < -0.3 is 14.5 Å². The Bertz CT molecular complexity index is 926. The Balaban J connectivity index is 1.43. The van der Waals surface area contributed by atoms with Crippen molar-refractivity contribution < 1.29 is 23.5 Å². The smallest absolute Gasteiger partial charge is 0.240 e. The SMILES string of the molecule is CCOc1cccc2cc(C(C)NC(=O)CN3C(=O)C4CCCCC4C3=O)oc12. The van der Waals surface area contributed by atoms with Crippen molar-refractivity contribution >= 4 is 28.7 Å². The highest BCUT2D eigenvalue weighted by Gasteiger charge is 2.48. The monoisotopic (exact) mass is 398 g/mol. The number of hydrogen-bond acceptors (Lipinski definition) is 5. The lowest BCUT2D eigenvalue weighted by Crippen LogP contribution is -2.41. The third-order valence-electron chi connectivity index (χ3n) is 5.87. The quantitative estimate of drug-likeness (QED) is 0.755. The van der Waals surface area contributed by atoms with E-state index < -0.39 is 6.04 Å². The number of rotatable bonds is 6. The van der Waals surface area contributed by atoms with Gasteiger partial charge in [0, 0.05) is 5.39 Å². The lowest BCUT2D eigenvalue weighted by atomic mass is 9.81. The van der Waals surface area contributed by atoms with E-state index in [2.05, 4.69) is 5.32 Å². The molecule has 2 aliphatic rings. The zero-order valence-electron chi connectivity index (χ0n) is 16.8. The minimum Gasteiger partial charge on any atom is -0.490 e. The maximum absolute atomic E-state index is 12.6. The average Bonchev–Trinajstić information content (AvgIpc) is 3.25. The van der Waals surface area contributed by atoms with E-state index in [1.165, 1.54) is 0 Å². The number of carbonyl (C=O) groups excluding carboxylic acids is 3. The van der Waals surface area contributed by atoms with Crippen molar-refractivity contribution in [2.45, 2.75) is 45.6 Å². The van der Waals surface area contributed by atoms with Crippen molar-refractivity contribution in [1.82, 2.24) is 10.2 Å². The van der Waals surface area contributed by atoms with Crippen molar-refractivity contribution in [2.24, 2.45) is 11.8 Å². The van der Waals surface area contributed by atoms with Crippen LogP contribution in [0.2, 0.25) is 0 Å². The summed E-state index contributed by atoms with van der Waals surface area (Å²) in [6, 6.07) is 7.11. The summed E-state index contributed by atoms with van der Waals surface area (Å²) in [4.78, 5) is 38.8. The van der Waals surface area contributed by atoms with Crippen LogP contribution in [0.4, 0.5) is 0 Å². The van der Waals surface area contributed by atoms with Crippen molar-refractivity contribution in [3.8, 4) is 5.75 Å². The molecule has 1 N–H and O–H groups in total. The summed E-state index contributed by atoms with van der Waals surface area (Å²) in [5, 5.41) is 3.73. The molecule has 3 amide bonds. The Labute approximate surface area is 169 Å². The molecule has 0 radical (unpaired) electrons. The lowest BCUT2D eigenvalue weighted by Gasteiger charge is -2.19. The van der Waals surface area contributed by atoms with Crippen LogP contribution in [0.3, 0.4) is 0 Å². The molecule has 29 heavy (non-hydrogen) atoms. The van der Waals surface area contributed by atoms with E-state index in [9.17, 15) is 14.4 Å². The molecule has 2 heterocycles. The van der Waals surface area contributed by atoms with Crippen LogP contribution in [0.1, 0.15) is 51.3 Å². The molecule has 1 saturated heterocycles. The van der Waals surface area contributed by atoms with Crippen LogP contribution in [0.25, 0.3) is 11.0 Å². The van der Waals surface area contributed by atoms with Crippen molar-refractivity contribution in [3.05, 3.63) is 30.0 Å². The standard InChI is InChI=1S/C22H26N2O5/c1-3-28-17-10-6-7-14-11-18(29-20(14)17)13(2)23-19(25)12-24-21(26)15-8-4-5-9-16(15)22(24)27/h6-7,10-11,13,15-16H,3-5,8-9,12H2,1-2H3,(H,23,25). The summed E-state index contributed by atoms with van der Waals surface area (Å²) in [6.45, 7) is 4.01. The zero-order valence-corrected chi connectivity index (χ0v) is 16.8. The normalized spacial score (nSPS) is 22.6. The summed E-state index contributed by atoms with van der Waals surface area (Å²) in [5.74, 6) is -0.00918. The lowest BCUT2D eigenvalue weighted by molar-refractivity contribution is -0.143. The first-order chi connectivity index (χ1) is 14.0. The summed E-state index contributed by atoms with van der Waals surface area (Å²) >= 11 is 0. The summed E-state index contributed by atoms with van der Waals surface area (Å²) in [7, 11) is 0. The van der Waals surface area contributed by atoms with E-state index in [1.807, 2.05) is 38.1 Å². The third-order valence-corrected chi connectivity index (χ3v) is 5.87. The van der Waals surface area contributed by atoms with E-state index in [0.717, 1.165) is 36.0 Å². The highest BCUT2D eigenvalue weighted by atomic mass is 16.5. The number of para-hydroxylation sites is 1. The summed E-state index contributed by atoms with van der Waals surface area (Å²) in [6.07, 6.45) is 3.41. The largest absolute Gasteiger partial charge is 0.490 e. The second kappa shape index (κ2) is 7.89. The number of imide groups is 1. The predicted octanol–water partition coefficient (Wildman–Crippen LogP) is 3.18. The molecule has 1 saturated carbocycles. The second-order valence-corrected chi connectivity index (χ2v) is 7.81. The van der Waals surface area contributed by atoms with E-state index in [0.29, 0.717) is 23.7 Å². The van der Waals surface area contributed by atoms with Gasteiger partial charge in [-0.3, -0.25) is 19.3 Å². The molecular formula is C22H26N2O5. The van der Waals surface area contributed by atoms with Crippen molar-refractivity contribution in [1.29, 1.82) is 0 Å². The highest BCUT2D eigenvalue weighted by molar-refractivity contribution is 6.07. The van der Waals surface area contributed by atoms with Gasteiger partial charge in [-0.1, -0.05) is 25.0 Å². The molecule has 7 heteroatoms. The van der Waals surface area contributed by atoms with Crippen LogP contribution in [-0.4, -0.2) is 35.8 Å². The molecule has 154 valence electrons. The fourth-order valence-corrected chi connectivity index (χ4v) is 4.43. The van der Waals surface area contributed by atoms with Crippen molar-refractivity contribution in [3.63, 3.8) is 0 Å². The van der Waals surface area contributed by atoms with Gasteiger partial charge in [0.25, 0.3) is 0 Å². The topological polar surface area (TPSA) is 88.9 Å². The number of fused-ring (bicyclic) bond motifs is 2. The van der Waals surface area contributed by atoms with Gasteiger partial charge in [0.2, 0.25) is 17.7 Å². The van der Waals surface area contributed by atoms with Crippen LogP contribution in [0, 0.1) is 11.8 Å². The number of furan rings is 1. The molecule has 4 rings (SSSR count). The molecule has 2 fully saturated rings. The first-order valence-corrected chi connectivity index (χ1v) is 10.3. The Kier molecular flexibility index (Phi) is 5.30. The minimum atomic E-state index is -0.403. The Morgan fingerprint density at radius 2 is 1.93 bits per heavy atom. The minimum absolute atomic E-state index is 0.201. The van der Waals surface area contributed by atoms with Gasteiger partial charge in [-0.05, 0) is 38.8 Å². The first kappa shape index (κ1) is 19.5. The zero-order chi connectivity index (χ0) is 20.5. The molecule has 1 aromatic carbocycles. The van der Waals surface area contributed by atoms with Gasteiger partial charge in [-0.25, -0.2) is 0 Å². The van der Waals surface area contributed by atoms with Gasteiger partial charge >= 0.3 is 0 Å². The molecule has 0 bridgehead atoms. The summed E-state index contributed by atoms with van der Waals surface area (Å²) in [5.41, 5.74) is 0.638. The van der Waals surface area contributed by atoms with E-state index >= 15 is 0 Å². The highest BCUT2D eigenvalue weighted by Crippen LogP contribution is 2.38. The molecule has 1 aliphatic carbocycles. The van der Waals surface area contributed by atoms with Crippen LogP contribution >= 0.6 is 0 Å². The average molecular weight is 398 g/mol. The number of likely N-dealkylation sites (tertiary alicyclic amines) is 1. The number of carbonyl (C=O) groups is 3. The fourth-order valence-electron chi connectivity index (χ4n) is 4.43. The van der Waals surface area contributed by atoms with Gasteiger partial charge in [0.15, 0.2) is 11.3 Å². The van der Waals surface area contributed by atoms with Crippen LogP contribution < -0.4 is 10.1 Å². The molecule has 2 aromatic rings. The Hall–Kier alpha value is -2.83. The maximum Gasteiger partial charge on any atom is 0.240 e. The third kappa shape index (κ3) is 3.61. The van der Waals surface area contributed by atoms with Gasteiger partial charge in [0.1, 0.15) is 12.3 Å². The van der Waals surface area contributed by atoms with Crippen LogP contribution in [0.15, 0.2) is 28.7 Å². The molecular weight excluding hydrogens is 372 g/mol. The molecule has 1 aromatic heterocycles. The van der Waals surface area contributed by atoms with Gasteiger partial charge in [-0.2, -0.15) is 0 Å². The van der Waals surface area contributed by atoms with Crippen LogP contribution in [-0.2, 0) is 14.4 Å². The van der Waals surface area contributed by atoms with E-state index in [1.54, 1.807) is 0 Å². The number of benzene rings is 1. The Morgan fingerprint density at radius 3 is 2.59 bits per heavy atom. The summed E-state index contributed by atoms with van der Waals surface area (Å²) < 4.78 is 11.5. The number of hydrogen-bond donors (Lipinski definition) is 1. The maximum atomic E-state index is 12.6. The molecule has 3 atom stereocenters. The number of ether oxygens (including phenoxy) is 1. The number of amides is 3. The van der Waals surface area contributed by atoms with Crippen LogP contribution in [0.5, 0.6) is 5.75 Å².